The lowest BCUT2D eigenvalue weighted by atomic mass is 10.1. The third-order valence-corrected chi connectivity index (χ3v) is 3.58. The molecule has 0 amide bonds. The van der Waals surface area contributed by atoms with E-state index in [2.05, 4.69) is 10.3 Å². The number of hydrogen-bond acceptors (Lipinski definition) is 3. The van der Waals surface area contributed by atoms with Crippen molar-refractivity contribution in [3.8, 4) is 5.75 Å². The van der Waals surface area contributed by atoms with Gasteiger partial charge in [0, 0.05) is 28.7 Å². The van der Waals surface area contributed by atoms with Gasteiger partial charge >= 0.3 is 0 Å². The van der Waals surface area contributed by atoms with Crippen LogP contribution >= 0.6 is 11.6 Å². The standard InChI is InChI=1S/C17H15ClN2O/c1-21-16-8-7-14(18)10-13(16)11-20-15-6-2-4-12-5-3-9-19-17(12)15/h2-10,20H,11H2,1H3. The van der Waals surface area contributed by atoms with Crippen molar-refractivity contribution < 1.29 is 4.74 Å². The van der Waals surface area contributed by atoms with Crippen LogP contribution in [0, 0.1) is 0 Å². The molecule has 21 heavy (non-hydrogen) atoms. The van der Waals surface area contributed by atoms with Gasteiger partial charge in [-0.15, -0.1) is 0 Å². The lowest BCUT2D eigenvalue weighted by molar-refractivity contribution is 0.410. The molecule has 1 N–H and O–H groups in total. The molecule has 0 bridgehead atoms. The van der Waals surface area contributed by atoms with Crippen molar-refractivity contribution in [2.24, 2.45) is 0 Å². The highest BCUT2D eigenvalue weighted by molar-refractivity contribution is 6.30. The fourth-order valence-corrected chi connectivity index (χ4v) is 2.52. The van der Waals surface area contributed by atoms with Gasteiger partial charge in [0.2, 0.25) is 0 Å². The number of aromatic nitrogens is 1. The molecule has 3 nitrogen and oxygen atoms in total. The molecule has 4 heteroatoms. The zero-order chi connectivity index (χ0) is 14.7. The largest absolute Gasteiger partial charge is 0.496 e. The normalized spacial score (nSPS) is 10.6. The molecule has 3 aromatic rings. The Balaban J connectivity index is 1.89. The van der Waals surface area contributed by atoms with E-state index in [-0.39, 0.29) is 0 Å². The molecular formula is C17H15ClN2O. The summed E-state index contributed by atoms with van der Waals surface area (Å²) in [4.78, 5) is 4.43. The van der Waals surface area contributed by atoms with Crippen molar-refractivity contribution in [1.82, 2.24) is 4.98 Å². The molecule has 2 aromatic carbocycles. The zero-order valence-corrected chi connectivity index (χ0v) is 12.4. The van der Waals surface area contributed by atoms with E-state index in [1.165, 1.54) is 0 Å². The van der Waals surface area contributed by atoms with Crippen molar-refractivity contribution in [2.75, 3.05) is 12.4 Å². The number of anilines is 1. The first kappa shape index (κ1) is 13.7. The third-order valence-electron chi connectivity index (χ3n) is 3.34. The summed E-state index contributed by atoms with van der Waals surface area (Å²) in [5, 5.41) is 5.21. The second-order valence-electron chi connectivity index (χ2n) is 4.69. The molecule has 0 unspecified atom stereocenters. The number of hydrogen-bond donors (Lipinski definition) is 1. The van der Waals surface area contributed by atoms with Crippen molar-refractivity contribution in [1.29, 1.82) is 0 Å². The van der Waals surface area contributed by atoms with Gasteiger partial charge in [-0.05, 0) is 30.3 Å². The number of halogens is 1. The van der Waals surface area contributed by atoms with Gasteiger partial charge in [-0.1, -0.05) is 29.8 Å². The van der Waals surface area contributed by atoms with Gasteiger partial charge in [0.1, 0.15) is 5.75 Å². The van der Waals surface area contributed by atoms with Gasteiger partial charge in [0.05, 0.1) is 18.3 Å². The zero-order valence-electron chi connectivity index (χ0n) is 11.6. The van der Waals surface area contributed by atoms with Crippen molar-refractivity contribution in [2.45, 2.75) is 6.54 Å². The average Bonchev–Trinajstić information content (AvgIpc) is 2.53. The highest BCUT2D eigenvalue weighted by atomic mass is 35.5. The number of benzene rings is 2. The van der Waals surface area contributed by atoms with Crippen molar-refractivity contribution >= 4 is 28.2 Å². The predicted molar refractivity (Wildman–Crippen MR) is 87.1 cm³/mol. The smallest absolute Gasteiger partial charge is 0.123 e. The number of ether oxygens (including phenoxy) is 1. The summed E-state index contributed by atoms with van der Waals surface area (Å²) in [7, 11) is 1.66. The minimum absolute atomic E-state index is 0.624. The van der Waals surface area contributed by atoms with E-state index in [1.54, 1.807) is 13.3 Å². The molecular weight excluding hydrogens is 284 g/mol. The molecule has 3 rings (SSSR count). The van der Waals surface area contributed by atoms with Gasteiger partial charge < -0.3 is 10.1 Å². The van der Waals surface area contributed by atoms with E-state index in [9.17, 15) is 0 Å². The number of nitrogens with one attached hydrogen (secondary N) is 1. The lowest BCUT2D eigenvalue weighted by Crippen LogP contribution is -2.02. The van der Waals surface area contributed by atoms with Gasteiger partial charge in [-0.2, -0.15) is 0 Å². The number of pyridine rings is 1. The monoisotopic (exact) mass is 298 g/mol. The number of methoxy groups -OCH3 is 1. The Bertz CT molecular complexity index is 768. The maximum Gasteiger partial charge on any atom is 0.123 e. The first-order valence-electron chi connectivity index (χ1n) is 6.68. The minimum Gasteiger partial charge on any atom is -0.496 e. The molecule has 0 atom stereocenters. The Morgan fingerprint density at radius 2 is 2.00 bits per heavy atom. The van der Waals surface area contributed by atoms with Crippen LogP contribution in [0.3, 0.4) is 0 Å². The fraction of sp³-hybridized carbons (Fsp3) is 0.118. The van der Waals surface area contributed by atoms with Crippen LogP contribution in [0.15, 0.2) is 54.7 Å². The Kier molecular flexibility index (Phi) is 3.93. The van der Waals surface area contributed by atoms with E-state index in [1.807, 2.05) is 48.5 Å². The van der Waals surface area contributed by atoms with E-state index in [0.717, 1.165) is 27.9 Å². The van der Waals surface area contributed by atoms with Crippen LogP contribution in [-0.4, -0.2) is 12.1 Å². The van der Waals surface area contributed by atoms with E-state index >= 15 is 0 Å². The summed E-state index contributed by atoms with van der Waals surface area (Å²) < 4.78 is 5.36. The van der Waals surface area contributed by atoms with Crippen molar-refractivity contribution in [3.05, 3.63) is 65.3 Å². The van der Waals surface area contributed by atoms with Gasteiger partial charge in [-0.25, -0.2) is 0 Å². The van der Waals surface area contributed by atoms with Crippen LogP contribution < -0.4 is 10.1 Å². The SMILES string of the molecule is COc1ccc(Cl)cc1CNc1cccc2cccnc12. The number of para-hydroxylation sites is 1. The molecule has 0 saturated carbocycles. The molecule has 1 aromatic heterocycles. The maximum absolute atomic E-state index is 6.05. The Labute approximate surface area is 128 Å². The highest BCUT2D eigenvalue weighted by Crippen LogP contribution is 2.25. The summed E-state index contributed by atoms with van der Waals surface area (Å²) in [6, 6.07) is 15.7. The number of nitrogens with zero attached hydrogens (tertiary/aromatic N) is 1. The maximum atomic E-state index is 6.05. The van der Waals surface area contributed by atoms with Crippen LogP contribution in [-0.2, 0) is 6.54 Å². The Hall–Kier alpha value is -2.26. The molecule has 0 aliphatic carbocycles. The van der Waals surface area contributed by atoms with Crippen LogP contribution in [0.5, 0.6) is 5.75 Å². The number of rotatable bonds is 4. The summed E-state index contributed by atoms with van der Waals surface area (Å²) >= 11 is 6.05. The molecule has 1 heterocycles. The van der Waals surface area contributed by atoms with Crippen LogP contribution in [0.1, 0.15) is 5.56 Å². The quantitative estimate of drug-likeness (QED) is 0.769. The molecule has 0 aliphatic rings. The van der Waals surface area contributed by atoms with E-state index in [0.29, 0.717) is 11.6 Å². The third kappa shape index (κ3) is 2.93. The molecule has 106 valence electrons. The van der Waals surface area contributed by atoms with Gasteiger partial charge in [0.25, 0.3) is 0 Å². The van der Waals surface area contributed by atoms with Gasteiger partial charge in [-0.3, -0.25) is 4.98 Å². The molecule has 0 saturated heterocycles. The Morgan fingerprint density at radius 1 is 1.14 bits per heavy atom. The first-order valence-corrected chi connectivity index (χ1v) is 7.06. The van der Waals surface area contributed by atoms with Gasteiger partial charge in [0.15, 0.2) is 0 Å². The minimum atomic E-state index is 0.624. The predicted octanol–water partition coefficient (Wildman–Crippen LogP) is 4.51. The Morgan fingerprint density at radius 3 is 2.86 bits per heavy atom. The second-order valence-corrected chi connectivity index (χ2v) is 5.13. The summed E-state index contributed by atoms with van der Waals surface area (Å²) in [6.45, 7) is 0.624. The van der Waals surface area contributed by atoms with E-state index < -0.39 is 0 Å². The molecule has 0 fully saturated rings. The lowest BCUT2D eigenvalue weighted by Gasteiger charge is -2.12. The van der Waals surface area contributed by atoms with Crippen molar-refractivity contribution in [3.63, 3.8) is 0 Å². The first-order chi connectivity index (χ1) is 10.3. The summed E-state index contributed by atoms with van der Waals surface area (Å²) in [5.74, 6) is 0.820. The number of fused-ring (bicyclic) bond motifs is 1. The fourth-order valence-electron chi connectivity index (χ4n) is 2.32. The molecule has 0 aliphatic heterocycles. The van der Waals surface area contributed by atoms with Crippen LogP contribution in [0.4, 0.5) is 5.69 Å². The topological polar surface area (TPSA) is 34.1 Å². The van der Waals surface area contributed by atoms with E-state index in [4.69, 9.17) is 16.3 Å². The molecule has 0 radical (unpaired) electrons. The van der Waals surface area contributed by atoms with Crippen LogP contribution in [0.25, 0.3) is 10.9 Å². The highest BCUT2D eigenvalue weighted by Gasteiger charge is 2.06. The molecule has 0 spiro atoms. The average molecular weight is 299 g/mol. The summed E-state index contributed by atoms with van der Waals surface area (Å²) in [5.41, 5.74) is 2.97. The summed E-state index contributed by atoms with van der Waals surface area (Å²) in [6.07, 6.45) is 1.80. The van der Waals surface area contributed by atoms with Crippen LogP contribution in [0.2, 0.25) is 5.02 Å². The second kappa shape index (κ2) is 6.02.